The maximum absolute atomic E-state index is 13.1. The van der Waals surface area contributed by atoms with Crippen molar-refractivity contribution in [3.05, 3.63) is 60.8 Å². The van der Waals surface area contributed by atoms with Crippen LogP contribution in [0.2, 0.25) is 10.0 Å². The average Bonchev–Trinajstić information content (AvgIpc) is 3.29. The van der Waals surface area contributed by atoms with Crippen molar-refractivity contribution < 1.29 is 14.2 Å². The Morgan fingerprint density at radius 1 is 1.00 bits per heavy atom. The molecule has 0 spiro atoms. The van der Waals surface area contributed by atoms with Crippen LogP contribution >= 0.6 is 34.5 Å². The van der Waals surface area contributed by atoms with Crippen LogP contribution in [0.4, 0.5) is 0 Å². The molecule has 0 aliphatic heterocycles. The van der Waals surface area contributed by atoms with Crippen molar-refractivity contribution in [2.75, 3.05) is 21.3 Å². The van der Waals surface area contributed by atoms with Gasteiger partial charge in [0.05, 0.1) is 25.9 Å². The Morgan fingerprint density at radius 2 is 1.63 bits per heavy atom. The minimum absolute atomic E-state index is 0.278. The van der Waals surface area contributed by atoms with E-state index in [1.165, 1.54) is 37.1 Å². The second kappa shape index (κ2) is 8.14. The molecule has 0 fully saturated rings. The molecule has 154 valence electrons. The standard InChI is InChI=1S/C20H15Cl2N3O4S/c1-27-14-7-10(8-15(28-2)17(14)29-3)18-23-24-20-25(18)19(26)16(30-20)9-11-12(21)5-4-6-13(11)22/h4-9H,1-3H3/b16-9-. The third kappa shape index (κ3) is 3.36. The first-order chi connectivity index (χ1) is 14.5. The molecule has 4 rings (SSSR count). The monoisotopic (exact) mass is 463 g/mol. The second-order valence-corrected chi connectivity index (χ2v) is 7.93. The molecule has 0 unspecified atom stereocenters. The minimum Gasteiger partial charge on any atom is -0.493 e. The molecular formula is C20H15Cl2N3O4S. The van der Waals surface area contributed by atoms with Crippen molar-refractivity contribution in [1.29, 1.82) is 0 Å². The van der Waals surface area contributed by atoms with Gasteiger partial charge in [0.25, 0.3) is 5.56 Å². The number of hydrogen-bond acceptors (Lipinski definition) is 7. The first kappa shape index (κ1) is 20.5. The van der Waals surface area contributed by atoms with Gasteiger partial charge >= 0.3 is 0 Å². The number of hydrogen-bond donors (Lipinski definition) is 0. The van der Waals surface area contributed by atoms with Crippen molar-refractivity contribution in [3.8, 4) is 28.6 Å². The smallest absolute Gasteiger partial charge is 0.276 e. The molecule has 2 heterocycles. The zero-order valence-corrected chi connectivity index (χ0v) is 18.4. The van der Waals surface area contributed by atoms with Crippen LogP contribution in [-0.4, -0.2) is 35.9 Å². The summed E-state index contributed by atoms with van der Waals surface area (Å²) in [5, 5.41) is 9.24. The predicted octanol–water partition coefficient (Wildman–Crippen LogP) is 3.70. The zero-order chi connectivity index (χ0) is 21.4. The molecule has 0 aliphatic carbocycles. The Morgan fingerprint density at radius 3 is 2.20 bits per heavy atom. The van der Waals surface area contributed by atoms with E-state index in [9.17, 15) is 4.79 Å². The lowest BCUT2D eigenvalue weighted by Crippen LogP contribution is -2.23. The number of nitrogens with zero attached hydrogens (tertiary/aromatic N) is 3. The summed E-state index contributed by atoms with van der Waals surface area (Å²) >= 11 is 13.7. The topological polar surface area (TPSA) is 75.0 Å². The third-order valence-corrected chi connectivity index (χ3v) is 6.06. The molecule has 10 heteroatoms. The largest absolute Gasteiger partial charge is 0.493 e. The highest BCUT2D eigenvalue weighted by Gasteiger charge is 2.19. The van der Waals surface area contributed by atoms with Crippen LogP contribution < -0.4 is 24.3 Å². The first-order valence-corrected chi connectivity index (χ1v) is 10.2. The molecular weight excluding hydrogens is 449 g/mol. The summed E-state index contributed by atoms with van der Waals surface area (Å²) in [6.07, 6.45) is 1.66. The highest BCUT2D eigenvalue weighted by atomic mass is 35.5. The highest BCUT2D eigenvalue weighted by Crippen LogP contribution is 2.40. The molecule has 0 saturated carbocycles. The van der Waals surface area contributed by atoms with Crippen LogP contribution in [0.1, 0.15) is 5.56 Å². The van der Waals surface area contributed by atoms with Gasteiger partial charge in [0.1, 0.15) is 0 Å². The summed E-state index contributed by atoms with van der Waals surface area (Å²) in [5.41, 5.74) is 0.888. The molecule has 0 atom stereocenters. The van der Waals surface area contributed by atoms with Crippen molar-refractivity contribution in [1.82, 2.24) is 14.6 Å². The van der Waals surface area contributed by atoms with Gasteiger partial charge < -0.3 is 14.2 Å². The molecule has 0 saturated heterocycles. The molecule has 7 nitrogen and oxygen atoms in total. The average molecular weight is 464 g/mol. The number of halogens is 2. The van der Waals surface area contributed by atoms with Gasteiger partial charge in [-0.3, -0.25) is 4.79 Å². The van der Waals surface area contributed by atoms with E-state index < -0.39 is 0 Å². The number of thiazole rings is 1. The number of fused-ring (bicyclic) bond motifs is 1. The van der Waals surface area contributed by atoms with Gasteiger partial charge in [0.2, 0.25) is 10.7 Å². The van der Waals surface area contributed by atoms with Crippen LogP contribution in [0.15, 0.2) is 35.1 Å². The van der Waals surface area contributed by atoms with Gasteiger partial charge in [-0.2, -0.15) is 0 Å². The summed E-state index contributed by atoms with van der Waals surface area (Å²) in [6.45, 7) is 0. The van der Waals surface area contributed by atoms with E-state index in [4.69, 9.17) is 37.4 Å². The SMILES string of the molecule is COc1cc(-c2nnc3s/c(=C\c4c(Cl)cccc4Cl)c(=O)n23)cc(OC)c1OC. The maximum atomic E-state index is 13.1. The van der Waals surface area contributed by atoms with Crippen molar-refractivity contribution in [2.45, 2.75) is 0 Å². The Bertz CT molecular complexity index is 1320. The minimum atomic E-state index is -0.278. The van der Waals surface area contributed by atoms with E-state index >= 15 is 0 Å². The molecule has 30 heavy (non-hydrogen) atoms. The maximum Gasteiger partial charge on any atom is 0.276 e. The number of methoxy groups -OCH3 is 3. The first-order valence-electron chi connectivity index (χ1n) is 8.62. The summed E-state index contributed by atoms with van der Waals surface area (Å²) in [5.74, 6) is 1.69. The molecule has 0 amide bonds. The van der Waals surface area contributed by atoms with E-state index in [0.29, 0.717) is 53.7 Å². The fraction of sp³-hybridized carbons (Fsp3) is 0.150. The van der Waals surface area contributed by atoms with Crippen molar-refractivity contribution in [3.63, 3.8) is 0 Å². The quantitative estimate of drug-likeness (QED) is 0.449. The zero-order valence-electron chi connectivity index (χ0n) is 16.1. The van der Waals surface area contributed by atoms with Crippen LogP contribution in [0.5, 0.6) is 17.2 Å². The van der Waals surface area contributed by atoms with Gasteiger partial charge in [-0.15, -0.1) is 10.2 Å². The molecule has 0 radical (unpaired) electrons. The molecule has 2 aromatic carbocycles. The summed E-state index contributed by atoms with van der Waals surface area (Å²) < 4.78 is 18.0. The molecule has 0 bridgehead atoms. The Labute approximate surface area is 185 Å². The summed E-state index contributed by atoms with van der Waals surface area (Å²) in [4.78, 5) is 13.6. The van der Waals surface area contributed by atoms with Gasteiger partial charge in [0.15, 0.2) is 17.3 Å². The summed E-state index contributed by atoms with van der Waals surface area (Å²) in [6, 6.07) is 8.59. The lowest BCUT2D eigenvalue weighted by molar-refractivity contribution is 0.324. The van der Waals surface area contributed by atoms with E-state index in [1.54, 1.807) is 36.4 Å². The van der Waals surface area contributed by atoms with Crippen LogP contribution in [0, 0.1) is 0 Å². The van der Waals surface area contributed by atoms with Crippen molar-refractivity contribution >= 4 is 45.6 Å². The van der Waals surface area contributed by atoms with Crippen LogP contribution in [0.25, 0.3) is 22.4 Å². The van der Waals surface area contributed by atoms with Gasteiger partial charge in [-0.25, -0.2) is 4.40 Å². The lowest BCUT2D eigenvalue weighted by Gasteiger charge is -2.13. The van der Waals surface area contributed by atoms with E-state index in [1.807, 2.05) is 0 Å². The normalized spacial score (nSPS) is 11.8. The van der Waals surface area contributed by atoms with Gasteiger partial charge in [-0.1, -0.05) is 40.6 Å². The highest BCUT2D eigenvalue weighted by molar-refractivity contribution is 7.15. The molecule has 4 aromatic rings. The Hall–Kier alpha value is -2.81. The van der Waals surface area contributed by atoms with Gasteiger partial charge in [-0.05, 0) is 30.3 Å². The fourth-order valence-corrected chi connectivity index (χ4v) is 4.44. The number of ether oxygens (including phenoxy) is 3. The van der Waals surface area contributed by atoms with Crippen LogP contribution in [-0.2, 0) is 0 Å². The fourth-order valence-electron chi connectivity index (χ4n) is 3.04. The Kier molecular flexibility index (Phi) is 5.55. The van der Waals surface area contributed by atoms with Crippen molar-refractivity contribution in [2.24, 2.45) is 0 Å². The van der Waals surface area contributed by atoms with Gasteiger partial charge in [0, 0.05) is 21.2 Å². The third-order valence-electron chi connectivity index (χ3n) is 4.45. The molecule has 2 aromatic heterocycles. The number of rotatable bonds is 5. The molecule has 0 N–H and O–H groups in total. The van der Waals surface area contributed by atoms with E-state index in [-0.39, 0.29) is 5.56 Å². The predicted molar refractivity (Wildman–Crippen MR) is 117 cm³/mol. The van der Waals surface area contributed by atoms with E-state index in [0.717, 1.165) is 0 Å². The summed E-state index contributed by atoms with van der Waals surface area (Å²) in [7, 11) is 4.56. The van der Waals surface area contributed by atoms with E-state index in [2.05, 4.69) is 10.2 Å². The second-order valence-electron chi connectivity index (χ2n) is 6.11. The number of aromatic nitrogens is 3. The van der Waals surface area contributed by atoms with Crippen LogP contribution in [0.3, 0.4) is 0 Å². The molecule has 0 aliphatic rings. The number of benzene rings is 2. The Balaban J connectivity index is 1.94. The lowest BCUT2D eigenvalue weighted by atomic mass is 10.1.